The van der Waals surface area contributed by atoms with E-state index >= 15 is 0 Å². The second kappa shape index (κ2) is 13.6. The van der Waals surface area contributed by atoms with E-state index in [0.717, 1.165) is 27.9 Å². The van der Waals surface area contributed by atoms with Gasteiger partial charge < -0.3 is 13.3 Å². The van der Waals surface area contributed by atoms with E-state index in [2.05, 4.69) is 0 Å². The fourth-order valence-electron chi connectivity index (χ4n) is 6.12. The average Bonchev–Trinajstić information content (AvgIpc) is 3.13. The number of hydrogen-bond acceptors (Lipinski definition) is 9. The van der Waals surface area contributed by atoms with Crippen molar-refractivity contribution in [3.8, 4) is 0 Å². The molecule has 0 aliphatic heterocycles. The Kier molecular flexibility index (Phi) is 9.02. The molecule has 0 radical (unpaired) electrons. The molecule has 0 spiro atoms. The molecule has 5 aromatic rings. The summed E-state index contributed by atoms with van der Waals surface area (Å²) in [5.74, 6) is -1.79. The summed E-state index contributed by atoms with van der Waals surface area (Å²) in [5, 5.41) is 0. The number of fused-ring (bicyclic) bond motifs is 6. The summed E-state index contributed by atoms with van der Waals surface area (Å²) in [4.78, 5) is 11.7. The molecule has 0 aromatic heterocycles. The van der Waals surface area contributed by atoms with Crippen LogP contribution in [0.15, 0.2) is 153 Å². The molecule has 0 N–H and O–H groups in total. The molecule has 11 heteroatoms. The maximum absolute atomic E-state index is 14.0. The number of anilines is 1. The molecule has 254 valence electrons. The highest BCUT2D eigenvalue weighted by atomic mass is 32.2. The molecule has 0 heterocycles. The van der Waals surface area contributed by atoms with E-state index in [0.29, 0.717) is 18.4 Å². The molecule has 0 fully saturated rings. The Morgan fingerprint density at radius 3 is 1.32 bits per heavy atom. The van der Waals surface area contributed by atoms with Crippen molar-refractivity contribution >= 4 is 37.7 Å². The predicted octanol–water partition coefficient (Wildman–Crippen LogP) is 7.04. The third-order valence-corrected chi connectivity index (χ3v) is 11.3. The van der Waals surface area contributed by atoms with Crippen molar-refractivity contribution in [3.63, 3.8) is 0 Å². The minimum atomic E-state index is -4.45. The van der Waals surface area contributed by atoms with Gasteiger partial charge in [0.1, 0.15) is 15.7 Å². The van der Waals surface area contributed by atoms with Gasteiger partial charge in [-0.1, -0.05) is 97.1 Å². The monoisotopic (exact) mass is 705 g/mol. The third-order valence-electron chi connectivity index (χ3n) is 8.84. The van der Waals surface area contributed by atoms with Gasteiger partial charge in [-0.05, 0) is 77.1 Å². The van der Waals surface area contributed by atoms with Gasteiger partial charge in [-0.25, -0.2) is 9.98 Å². The van der Waals surface area contributed by atoms with E-state index in [-0.39, 0.29) is 21.6 Å². The lowest BCUT2D eigenvalue weighted by Crippen LogP contribution is -2.32. The molecule has 5 aromatic carbocycles. The third kappa shape index (κ3) is 7.05. The lowest BCUT2D eigenvalue weighted by molar-refractivity contribution is 0.450. The van der Waals surface area contributed by atoms with Crippen LogP contribution in [-0.4, -0.2) is 42.7 Å². The zero-order valence-corrected chi connectivity index (χ0v) is 29.1. The lowest BCUT2D eigenvalue weighted by atomic mass is 9.90. The van der Waals surface area contributed by atoms with Gasteiger partial charge in [-0.2, -0.15) is 16.8 Å². The van der Waals surface area contributed by atoms with Crippen molar-refractivity contribution in [1.29, 1.82) is 0 Å². The van der Waals surface area contributed by atoms with Crippen LogP contribution in [0.1, 0.15) is 45.8 Å². The molecule has 4 aliphatic rings. The van der Waals surface area contributed by atoms with E-state index in [4.69, 9.17) is 18.4 Å². The summed E-state index contributed by atoms with van der Waals surface area (Å²) in [5.41, 5.74) is 5.12. The van der Waals surface area contributed by atoms with Crippen LogP contribution in [0.2, 0.25) is 0 Å². The first kappa shape index (κ1) is 33.2. The quantitative estimate of drug-likeness (QED) is 0.0870. The fourth-order valence-corrected chi connectivity index (χ4v) is 8.02. The Balaban J connectivity index is 1.44. The Bertz CT molecular complexity index is 2120. The first-order chi connectivity index (χ1) is 24.1. The van der Waals surface area contributed by atoms with Gasteiger partial charge in [0.25, 0.3) is 0 Å². The van der Waals surface area contributed by atoms with Crippen LogP contribution in [0.25, 0.3) is 0 Å². The summed E-state index contributed by atoms with van der Waals surface area (Å²) in [6.07, 6.45) is 1.02. The lowest BCUT2D eigenvalue weighted by Gasteiger charge is -2.27. The van der Waals surface area contributed by atoms with Crippen LogP contribution >= 0.6 is 0 Å². The van der Waals surface area contributed by atoms with Crippen LogP contribution < -0.4 is 4.90 Å². The molecule has 0 saturated carbocycles. The molecular weight excluding hydrogens is 671 g/mol. The number of aliphatic imine (C=N–C) groups is 2. The van der Waals surface area contributed by atoms with Gasteiger partial charge in [0.05, 0.1) is 12.1 Å². The van der Waals surface area contributed by atoms with Crippen molar-refractivity contribution in [3.05, 3.63) is 161 Å². The maximum atomic E-state index is 14.0. The first-order valence-electron chi connectivity index (χ1n) is 16.2. The fraction of sp³-hybridized carbons (Fsp3) is 0.179. The van der Waals surface area contributed by atoms with Crippen molar-refractivity contribution in [2.24, 2.45) is 9.98 Å². The minimum Gasteiger partial charge on any atom is -0.378 e. The van der Waals surface area contributed by atoms with Crippen molar-refractivity contribution < 1.29 is 25.2 Å². The van der Waals surface area contributed by atoms with E-state index in [1.54, 1.807) is 48.5 Å². The molecule has 4 bridgehead atoms. The normalized spacial score (nSPS) is 17.7. The SMILES string of the molecule is CN(C)c1ccc(C(C(=NC2Cc3ccc2cc3)OS(=O)(=O)c2ccccc2)C(=NC2Cc3ccc2cc3)OS(=O)(=O)c2ccccc2)cc1. The summed E-state index contributed by atoms with van der Waals surface area (Å²) < 4.78 is 67.9. The Hall–Kier alpha value is -5.26. The smallest absolute Gasteiger partial charge is 0.340 e. The van der Waals surface area contributed by atoms with Crippen molar-refractivity contribution in [1.82, 2.24) is 0 Å². The summed E-state index contributed by atoms with van der Waals surface area (Å²) >= 11 is 0. The highest BCUT2D eigenvalue weighted by Gasteiger charge is 2.37. The van der Waals surface area contributed by atoms with Crippen LogP contribution in [0.3, 0.4) is 0 Å². The van der Waals surface area contributed by atoms with Gasteiger partial charge in [0.2, 0.25) is 11.8 Å². The molecule has 0 saturated heterocycles. The van der Waals surface area contributed by atoms with E-state index in [1.807, 2.05) is 79.7 Å². The second-order valence-corrected chi connectivity index (χ2v) is 15.6. The average molecular weight is 706 g/mol. The number of rotatable bonds is 10. The van der Waals surface area contributed by atoms with Crippen LogP contribution in [0, 0.1) is 0 Å². The molecule has 2 atom stereocenters. The van der Waals surface area contributed by atoms with E-state index < -0.39 is 38.2 Å². The minimum absolute atomic E-state index is 0.0791. The molecule has 9 rings (SSSR count). The van der Waals surface area contributed by atoms with Crippen LogP contribution in [-0.2, 0) is 41.4 Å². The van der Waals surface area contributed by atoms with Gasteiger partial charge >= 0.3 is 20.2 Å². The summed E-state index contributed by atoms with van der Waals surface area (Å²) in [6, 6.07) is 37.6. The Morgan fingerprint density at radius 1 is 0.580 bits per heavy atom. The highest BCUT2D eigenvalue weighted by molar-refractivity contribution is 7.87. The zero-order valence-electron chi connectivity index (χ0n) is 27.5. The van der Waals surface area contributed by atoms with Crippen molar-refractivity contribution in [2.45, 2.75) is 40.6 Å². The molecule has 2 unspecified atom stereocenters. The van der Waals surface area contributed by atoms with E-state index in [1.165, 1.54) is 24.3 Å². The van der Waals surface area contributed by atoms with Gasteiger partial charge in [0.15, 0.2) is 0 Å². The van der Waals surface area contributed by atoms with Gasteiger partial charge in [0, 0.05) is 19.8 Å². The van der Waals surface area contributed by atoms with Crippen LogP contribution in [0.4, 0.5) is 5.69 Å². The summed E-state index contributed by atoms with van der Waals surface area (Å²) in [6.45, 7) is 0. The first-order valence-corrected chi connectivity index (χ1v) is 19.0. The number of hydrogen-bond donors (Lipinski definition) is 0. The zero-order chi connectivity index (χ0) is 34.9. The van der Waals surface area contributed by atoms with Gasteiger partial charge in [-0.15, -0.1) is 0 Å². The second-order valence-electron chi connectivity index (χ2n) is 12.5. The molecule has 50 heavy (non-hydrogen) atoms. The summed E-state index contributed by atoms with van der Waals surface area (Å²) in [7, 11) is -5.10. The Labute approximate surface area is 292 Å². The molecule has 0 amide bonds. The highest BCUT2D eigenvalue weighted by Crippen LogP contribution is 2.36. The topological polar surface area (TPSA) is 115 Å². The van der Waals surface area contributed by atoms with Gasteiger partial charge in [-0.3, -0.25) is 0 Å². The largest absolute Gasteiger partial charge is 0.378 e. The van der Waals surface area contributed by atoms with E-state index in [9.17, 15) is 16.8 Å². The van der Waals surface area contributed by atoms with Crippen molar-refractivity contribution in [2.75, 3.05) is 19.0 Å². The number of nitrogens with zero attached hydrogens (tertiary/aromatic N) is 3. The molecular formula is C39H35N3O6S2. The standard InChI is InChI=1S/C39H35N3O6S2/c1-42(2)32-23-21-31(22-24-32)37(38(40-35-25-27-13-17-29(35)18-14-27)47-49(43,44)33-9-5-3-6-10-33)39(41-36-26-28-15-19-30(36)20-16-28)48-50(45,46)34-11-7-4-8-12-34/h3-24,35-37H,25-26H2,1-2H3. The van der Waals surface area contributed by atoms with Crippen LogP contribution in [0.5, 0.6) is 0 Å². The predicted molar refractivity (Wildman–Crippen MR) is 194 cm³/mol. The number of benzene rings is 5. The Morgan fingerprint density at radius 2 is 0.980 bits per heavy atom. The molecule has 9 nitrogen and oxygen atoms in total. The molecule has 4 aliphatic carbocycles. The maximum Gasteiger partial charge on any atom is 0.340 e.